The van der Waals surface area contributed by atoms with Crippen LogP contribution in [0.4, 0.5) is 5.69 Å². The van der Waals surface area contributed by atoms with Gasteiger partial charge in [0.1, 0.15) is 0 Å². The van der Waals surface area contributed by atoms with Crippen molar-refractivity contribution < 1.29 is 4.79 Å². The summed E-state index contributed by atoms with van der Waals surface area (Å²) in [6, 6.07) is 4.29. The van der Waals surface area contributed by atoms with Crippen LogP contribution >= 0.6 is 11.6 Å². The lowest BCUT2D eigenvalue weighted by Gasteiger charge is -2.59. The molecule has 4 bridgehead atoms. The molecule has 2 unspecified atom stereocenters. The van der Waals surface area contributed by atoms with E-state index in [4.69, 9.17) is 11.6 Å². The van der Waals surface area contributed by atoms with Gasteiger partial charge in [0.2, 0.25) is 5.91 Å². The Kier molecular flexibility index (Phi) is 3.36. The maximum atomic E-state index is 13.2. The molecule has 0 spiro atoms. The summed E-state index contributed by atoms with van der Waals surface area (Å²) in [5.74, 6) is 1.52. The summed E-state index contributed by atoms with van der Waals surface area (Å²) in [7, 11) is 0. The first-order chi connectivity index (χ1) is 10.8. The fourth-order valence-corrected chi connectivity index (χ4v) is 6.73. The highest BCUT2D eigenvalue weighted by atomic mass is 35.5. The number of aryl methyl sites for hydroxylation is 3. The number of halogens is 1. The molecule has 1 aromatic rings. The molecule has 0 aromatic heterocycles. The van der Waals surface area contributed by atoms with E-state index in [1.54, 1.807) is 0 Å². The normalized spacial score (nSPS) is 37.9. The number of amides is 1. The van der Waals surface area contributed by atoms with E-state index in [9.17, 15) is 4.79 Å². The van der Waals surface area contributed by atoms with Gasteiger partial charge >= 0.3 is 0 Å². The first-order valence-corrected chi connectivity index (χ1v) is 9.25. The van der Waals surface area contributed by atoms with E-state index in [0.717, 1.165) is 48.9 Å². The zero-order chi connectivity index (χ0) is 16.4. The molecular weight excluding hydrogens is 306 g/mol. The molecule has 4 aliphatic rings. The number of anilines is 1. The highest BCUT2D eigenvalue weighted by Crippen LogP contribution is 2.64. The molecule has 2 nitrogen and oxygen atoms in total. The fourth-order valence-electron chi connectivity index (χ4n) is 6.04. The number of carbonyl (C=O) groups is 1. The lowest BCUT2D eigenvalue weighted by atomic mass is 9.49. The second kappa shape index (κ2) is 4.99. The minimum Gasteiger partial charge on any atom is -0.325 e. The second-order valence-electron chi connectivity index (χ2n) is 8.62. The van der Waals surface area contributed by atoms with E-state index in [0.29, 0.717) is 11.8 Å². The molecule has 5 rings (SSSR count). The van der Waals surface area contributed by atoms with Crippen LogP contribution in [0.2, 0.25) is 0 Å². The van der Waals surface area contributed by atoms with Crippen LogP contribution in [0.5, 0.6) is 0 Å². The summed E-state index contributed by atoms with van der Waals surface area (Å²) in [5.41, 5.74) is 4.32. The fraction of sp³-hybridized carbons (Fsp3) is 0.650. The van der Waals surface area contributed by atoms with Crippen LogP contribution < -0.4 is 5.32 Å². The van der Waals surface area contributed by atoms with Crippen LogP contribution in [0.25, 0.3) is 0 Å². The molecule has 23 heavy (non-hydrogen) atoms. The Labute approximate surface area is 144 Å². The van der Waals surface area contributed by atoms with Gasteiger partial charge in [-0.3, -0.25) is 4.79 Å². The van der Waals surface area contributed by atoms with Gasteiger partial charge < -0.3 is 5.32 Å². The molecule has 124 valence electrons. The molecule has 0 radical (unpaired) electrons. The van der Waals surface area contributed by atoms with E-state index in [1.807, 2.05) is 0 Å². The maximum absolute atomic E-state index is 13.2. The van der Waals surface area contributed by atoms with Crippen molar-refractivity contribution in [1.29, 1.82) is 0 Å². The van der Waals surface area contributed by atoms with Crippen molar-refractivity contribution in [1.82, 2.24) is 0 Å². The lowest BCUT2D eigenvalue weighted by Crippen LogP contribution is -2.57. The van der Waals surface area contributed by atoms with E-state index in [2.05, 4.69) is 38.2 Å². The maximum Gasteiger partial charge on any atom is 0.230 e. The lowest BCUT2D eigenvalue weighted by molar-refractivity contribution is -0.138. The Bertz CT molecular complexity index is 643. The number of alkyl halides is 1. The van der Waals surface area contributed by atoms with Gasteiger partial charge in [-0.2, -0.15) is 0 Å². The van der Waals surface area contributed by atoms with Crippen LogP contribution in [0, 0.1) is 38.0 Å². The number of carbonyl (C=O) groups excluding carboxylic acids is 1. The predicted molar refractivity (Wildman–Crippen MR) is 95.0 cm³/mol. The molecule has 0 saturated heterocycles. The molecule has 1 aromatic carbocycles. The van der Waals surface area contributed by atoms with Crippen LogP contribution in [-0.2, 0) is 4.79 Å². The summed E-state index contributed by atoms with van der Waals surface area (Å²) < 4.78 is 0. The summed E-state index contributed by atoms with van der Waals surface area (Å²) in [6.45, 7) is 6.26. The number of benzene rings is 1. The monoisotopic (exact) mass is 331 g/mol. The zero-order valence-corrected chi connectivity index (χ0v) is 15.1. The molecule has 4 aliphatic carbocycles. The van der Waals surface area contributed by atoms with Crippen molar-refractivity contribution in [2.45, 2.75) is 64.2 Å². The van der Waals surface area contributed by atoms with Crippen LogP contribution in [-0.4, -0.2) is 10.8 Å². The Morgan fingerprint density at radius 3 is 2.17 bits per heavy atom. The van der Waals surface area contributed by atoms with Gasteiger partial charge in [0, 0.05) is 10.6 Å². The van der Waals surface area contributed by atoms with Crippen molar-refractivity contribution >= 4 is 23.2 Å². The van der Waals surface area contributed by atoms with Crippen molar-refractivity contribution in [3.63, 3.8) is 0 Å². The first-order valence-electron chi connectivity index (χ1n) is 8.87. The van der Waals surface area contributed by atoms with Gasteiger partial charge in [0.05, 0.1) is 5.41 Å². The zero-order valence-electron chi connectivity index (χ0n) is 14.3. The van der Waals surface area contributed by atoms with Crippen molar-refractivity contribution in [3.8, 4) is 0 Å². The molecule has 4 atom stereocenters. The first kappa shape index (κ1) is 15.5. The standard InChI is InChI=1S/C20H26ClNO/c1-12-4-13(2)17(14(3)5-12)22-18(23)19-7-15-6-16(8-19)10-20(21,9-15)11-19/h4-5,15-16H,6-11H2,1-3H3,(H,22,23)/t15-,16+,19?,20?. The molecule has 3 heteroatoms. The Hall–Kier alpha value is -1.02. The quantitative estimate of drug-likeness (QED) is 0.748. The van der Waals surface area contributed by atoms with E-state index in [1.165, 1.54) is 12.0 Å². The van der Waals surface area contributed by atoms with E-state index in [-0.39, 0.29) is 16.2 Å². The van der Waals surface area contributed by atoms with E-state index >= 15 is 0 Å². The van der Waals surface area contributed by atoms with Crippen LogP contribution in [0.1, 0.15) is 55.2 Å². The van der Waals surface area contributed by atoms with Gasteiger partial charge in [-0.1, -0.05) is 17.7 Å². The third kappa shape index (κ3) is 2.50. The summed E-state index contributed by atoms with van der Waals surface area (Å²) in [6.07, 6.45) is 6.45. The summed E-state index contributed by atoms with van der Waals surface area (Å²) in [4.78, 5) is 13.1. The smallest absolute Gasteiger partial charge is 0.230 e. The van der Waals surface area contributed by atoms with Crippen molar-refractivity contribution in [2.24, 2.45) is 17.3 Å². The second-order valence-corrected chi connectivity index (χ2v) is 9.42. The summed E-state index contributed by atoms with van der Waals surface area (Å²) in [5, 5.41) is 3.28. The Morgan fingerprint density at radius 2 is 1.65 bits per heavy atom. The van der Waals surface area contributed by atoms with Crippen molar-refractivity contribution in [3.05, 3.63) is 28.8 Å². The average molecular weight is 332 g/mol. The van der Waals surface area contributed by atoms with Crippen LogP contribution in [0.3, 0.4) is 0 Å². The number of hydrogen-bond acceptors (Lipinski definition) is 1. The average Bonchev–Trinajstić information content (AvgIpc) is 2.39. The third-order valence-electron chi connectivity index (χ3n) is 6.39. The number of hydrogen-bond donors (Lipinski definition) is 1. The molecule has 1 amide bonds. The van der Waals surface area contributed by atoms with E-state index < -0.39 is 0 Å². The van der Waals surface area contributed by atoms with Gasteiger partial charge in [-0.15, -0.1) is 11.6 Å². The van der Waals surface area contributed by atoms with Crippen molar-refractivity contribution in [2.75, 3.05) is 5.32 Å². The highest BCUT2D eigenvalue weighted by molar-refractivity contribution is 6.24. The molecule has 0 aliphatic heterocycles. The molecule has 4 saturated carbocycles. The Morgan fingerprint density at radius 1 is 1.09 bits per heavy atom. The minimum atomic E-state index is -0.227. The molecule has 4 fully saturated rings. The van der Waals surface area contributed by atoms with Gasteiger partial charge in [-0.25, -0.2) is 0 Å². The summed E-state index contributed by atoms with van der Waals surface area (Å²) >= 11 is 6.87. The molecular formula is C20H26ClNO. The highest BCUT2D eigenvalue weighted by Gasteiger charge is 2.60. The Balaban J connectivity index is 1.63. The topological polar surface area (TPSA) is 29.1 Å². The van der Waals surface area contributed by atoms with Gasteiger partial charge in [0.25, 0.3) is 0 Å². The molecule has 1 N–H and O–H groups in total. The van der Waals surface area contributed by atoms with Gasteiger partial charge in [-0.05, 0) is 82.3 Å². The number of rotatable bonds is 2. The van der Waals surface area contributed by atoms with Crippen LogP contribution in [0.15, 0.2) is 12.1 Å². The SMILES string of the molecule is Cc1cc(C)c(NC(=O)C23C[C@@H]4C[C@@H](CC(Cl)(C4)C2)C3)c(C)c1. The minimum absolute atomic E-state index is 0.112. The predicted octanol–water partition coefficient (Wildman–Crippen LogP) is 5.13. The van der Waals surface area contributed by atoms with Gasteiger partial charge in [0.15, 0.2) is 0 Å². The largest absolute Gasteiger partial charge is 0.325 e. The number of nitrogens with one attached hydrogen (secondary N) is 1. The molecule has 0 heterocycles. The third-order valence-corrected chi connectivity index (χ3v) is 6.83.